The van der Waals surface area contributed by atoms with Crippen molar-refractivity contribution in [2.24, 2.45) is 0 Å². The van der Waals surface area contributed by atoms with Crippen LogP contribution in [0.15, 0.2) is 0 Å². The maximum absolute atomic E-state index is 12.6. The highest BCUT2D eigenvalue weighted by atomic mass is 16.9. The van der Waals surface area contributed by atoms with E-state index in [2.05, 4.69) is 13.8 Å². The van der Waals surface area contributed by atoms with Gasteiger partial charge in [-0.25, -0.2) is 4.79 Å². The summed E-state index contributed by atoms with van der Waals surface area (Å²) in [5, 5.41) is 0. The molecular weight excluding hydrogens is 328 g/mol. The van der Waals surface area contributed by atoms with Gasteiger partial charge in [-0.1, -0.05) is 26.7 Å². The molecular formula is C18H32O7. The smallest absolute Gasteiger partial charge is 0.343 e. The quantitative estimate of drug-likeness (QED) is 0.437. The number of carbonyl (C=O) groups is 1. The Morgan fingerprint density at radius 2 is 1.72 bits per heavy atom. The maximum Gasteiger partial charge on any atom is 0.343 e. The van der Waals surface area contributed by atoms with E-state index in [-0.39, 0.29) is 6.61 Å². The van der Waals surface area contributed by atoms with Crippen molar-refractivity contribution in [2.75, 3.05) is 26.9 Å². The molecule has 0 aromatic rings. The molecule has 0 N–H and O–H groups in total. The molecule has 2 heterocycles. The van der Waals surface area contributed by atoms with Crippen LogP contribution < -0.4 is 0 Å². The van der Waals surface area contributed by atoms with Gasteiger partial charge in [-0.05, 0) is 26.7 Å². The van der Waals surface area contributed by atoms with Crippen molar-refractivity contribution in [1.29, 1.82) is 0 Å². The molecule has 0 aromatic heterocycles. The minimum atomic E-state index is -1.37. The van der Waals surface area contributed by atoms with Gasteiger partial charge in [-0.15, -0.1) is 0 Å². The molecule has 0 aromatic carbocycles. The molecule has 0 aliphatic carbocycles. The van der Waals surface area contributed by atoms with Crippen LogP contribution in [-0.2, 0) is 33.2 Å². The Kier molecular flexibility index (Phi) is 7.22. The van der Waals surface area contributed by atoms with Crippen molar-refractivity contribution in [3.8, 4) is 0 Å². The third-order valence-corrected chi connectivity index (χ3v) is 4.46. The Balaban J connectivity index is 2.19. The first-order valence-corrected chi connectivity index (χ1v) is 9.21. The summed E-state index contributed by atoms with van der Waals surface area (Å²) in [4.78, 5) is 12.6. The van der Waals surface area contributed by atoms with Gasteiger partial charge in [0.1, 0.15) is 12.2 Å². The highest BCUT2D eigenvalue weighted by Gasteiger charge is 2.66. The first-order valence-electron chi connectivity index (χ1n) is 9.21. The number of ether oxygens (including phenoxy) is 6. The summed E-state index contributed by atoms with van der Waals surface area (Å²) in [5.41, 5.74) is -1.37. The summed E-state index contributed by atoms with van der Waals surface area (Å²) in [6.07, 6.45) is 1.96. The first-order chi connectivity index (χ1) is 11.9. The number of unbranched alkanes of at least 4 members (excludes halogenated alkanes) is 2. The minimum Gasteiger partial charge on any atom is -0.467 e. The summed E-state index contributed by atoms with van der Waals surface area (Å²) in [6, 6.07) is 0. The van der Waals surface area contributed by atoms with E-state index in [1.807, 2.05) is 13.8 Å². The molecule has 0 bridgehead atoms. The first kappa shape index (κ1) is 20.6. The predicted octanol–water partition coefficient (Wildman–Crippen LogP) is 2.41. The monoisotopic (exact) mass is 360 g/mol. The van der Waals surface area contributed by atoms with Crippen molar-refractivity contribution in [2.45, 2.75) is 83.3 Å². The van der Waals surface area contributed by atoms with Gasteiger partial charge >= 0.3 is 5.97 Å². The van der Waals surface area contributed by atoms with Gasteiger partial charge in [0.05, 0.1) is 13.7 Å². The molecule has 0 radical (unpaired) electrons. The van der Waals surface area contributed by atoms with Crippen molar-refractivity contribution in [3.05, 3.63) is 0 Å². The molecule has 1 unspecified atom stereocenters. The van der Waals surface area contributed by atoms with Gasteiger partial charge in [0, 0.05) is 13.2 Å². The molecule has 146 valence electrons. The molecule has 0 spiro atoms. The maximum atomic E-state index is 12.6. The molecule has 2 aliphatic heterocycles. The van der Waals surface area contributed by atoms with Crippen LogP contribution in [0, 0.1) is 0 Å². The zero-order valence-corrected chi connectivity index (χ0v) is 16.0. The van der Waals surface area contributed by atoms with Gasteiger partial charge in [-0.2, -0.15) is 0 Å². The van der Waals surface area contributed by atoms with E-state index in [0.717, 1.165) is 25.7 Å². The lowest BCUT2D eigenvalue weighted by Crippen LogP contribution is -2.56. The van der Waals surface area contributed by atoms with Crippen LogP contribution in [-0.4, -0.2) is 62.8 Å². The number of fused-ring (bicyclic) bond motifs is 1. The number of rotatable bonds is 10. The number of esters is 1. The number of hydrogen-bond acceptors (Lipinski definition) is 7. The van der Waals surface area contributed by atoms with Crippen molar-refractivity contribution >= 4 is 5.97 Å². The van der Waals surface area contributed by atoms with Gasteiger partial charge in [-0.3, -0.25) is 0 Å². The summed E-state index contributed by atoms with van der Waals surface area (Å²) in [5.74, 6) is -1.31. The lowest BCUT2D eigenvalue weighted by molar-refractivity contribution is -0.255. The summed E-state index contributed by atoms with van der Waals surface area (Å²) < 4.78 is 34.5. The standard InChI is InChI=1S/C18H32O7/c1-6-8-10-21-12-18(16(19)20-5)14(22-11-9-7-2)13-15(25-18)24-17(3,4)23-13/h13-15H,6-12H2,1-5H3/t13-,14?,15+,18+/m0/s1. The van der Waals surface area contributed by atoms with Crippen molar-refractivity contribution in [1.82, 2.24) is 0 Å². The largest absolute Gasteiger partial charge is 0.467 e. The molecule has 4 atom stereocenters. The average molecular weight is 360 g/mol. The minimum absolute atomic E-state index is 0.0522. The summed E-state index contributed by atoms with van der Waals surface area (Å²) in [7, 11) is 1.34. The second kappa shape index (κ2) is 8.77. The Bertz CT molecular complexity index is 439. The van der Waals surface area contributed by atoms with E-state index >= 15 is 0 Å². The number of carbonyl (C=O) groups excluding carboxylic acids is 1. The molecule has 2 fully saturated rings. The zero-order valence-electron chi connectivity index (χ0n) is 16.0. The van der Waals surface area contributed by atoms with Crippen molar-refractivity contribution < 1.29 is 33.2 Å². The summed E-state index contributed by atoms with van der Waals surface area (Å²) in [6.45, 7) is 8.89. The van der Waals surface area contributed by atoms with E-state index in [1.165, 1.54) is 7.11 Å². The van der Waals surface area contributed by atoms with Crippen LogP contribution in [0.4, 0.5) is 0 Å². The molecule has 7 heteroatoms. The lowest BCUT2D eigenvalue weighted by Gasteiger charge is -2.34. The summed E-state index contributed by atoms with van der Waals surface area (Å²) >= 11 is 0. The third-order valence-electron chi connectivity index (χ3n) is 4.46. The van der Waals surface area contributed by atoms with E-state index < -0.39 is 35.9 Å². The predicted molar refractivity (Wildman–Crippen MR) is 90.0 cm³/mol. The average Bonchev–Trinajstić information content (AvgIpc) is 3.01. The number of methoxy groups -OCH3 is 1. The highest BCUT2D eigenvalue weighted by Crippen LogP contribution is 2.44. The van der Waals surface area contributed by atoms with Crippen LogP contribution in [0.3, 0.4) is 0 Å². The second-order valence-electron chi connectivity index (χ2n) is 7.02. The fourth-order valence-corrected chi connectivity index (χ4v) is 3.16. The van der Waals surface area contributed by atoms with Gasteiger partial charge in [0.25, 0.3) is 0 Å². The van der Waals surface area contributed by atoms with Crippen LogP contribution in [0.2, 0.25) is 0 Å². The van der Waals surface area contributed by atoms with Crippen LogP contribution >= 0.6 is 0 Å². The molecule has 0 saturated carbocycles. The van der Waals surface area contributed by atoms with Gasteiger partial charge < -0.3 is 28.4 Å². The van der Waals surface area contributed by atoms with Crippen molar-refractivity contribution in [3.63, 3.8) is 0 Å². The van der Waals surface area contributed by atoms with E-state index in [4.69, 9.17) is 28.4 Å². The fraction of sp³-hybridized carbons (Fsp3) is 0.944. The molecule has 7 nitrogen and oxygen atoms in total. The van der Waals surface area contributed by atoms with E-state index in [0.29, 0.717) is 13.2 Å². The lowest BCUT2D eigenvalue weighted by atomic mass is 9.95. The van der Waals surface area contributed by atoms with Gasteiger partial charge in [0.2, 0.25) is 5.60 Å². The highest BCUT2D eigenvalue weighted by molar-refractivity contribution is 5.81. The second-order valence-corrected chi connectivity index (χ2v) is 7.02. The normalized spacial score (nSPS) is 33.4. The van der Waals surface area contributed by atoms with Crippen LogP contribution in [0.5, 0.6) is 0 Å². The zero-order chi connectivity index (χ0) is 18.5. The van der Waals surface area contributed by atoms with E-state index in [9.17, 15) is 4.79 Å². The molecule has 0 amide bonds. The Hall–Kier alpha value is -0.730. The Morgan fingerprint density at radius 3 is 2.36 bits per heavy atom. The molecule has 25 heavy (non-hydrogen) atoms. The Morgan fingerprint density at radius 1 is 1.04 bits per heavy atom. The van der Waals surface area contributed by atoms with Crippen LogP contribution in [0.25, 0.3) is 0 Å². The Labute approximate surface area is 150 Å². The fourth-order valence-electron chi connectivity index (χ4n) is 3.16. The molecule has 2 saturated heterocycles. The number of hydrogen-bond donors (Lipinski definition) is 0. The SMILES string of the molecule is CCCCOC[C@@]1(C(=O)OC)O[C@H]2OC(C)(C)O[C@H]2C1OCCCC. The molecule has 2 rings (SSSR count). The third kappa shape index (κ3) is 4.52. The van der Waals surface area contributed by atoms with Crippen LogP contribution in [0.1, 0.15) is 53.4 Å². The molecule has 2 aliphatic rings. The topological polar surface area (TPSA) is 72.5 Å². The van der Waals surface area contributed by atoms with Gasteiger partial charge in [0.15, 0.2) is 12.1 Å². The van der Waals surface area contributed by atoms with E-state index in [1.54, 1.807) is 0 Å².